The average Bonchev–Trinajstić information content (AvgIpc) is 3.33. The van der Waals surface area contributed by atoms with Gasteiger partial charge in [-0.15, -0.1) is 0 Å². The van der Waals surface area contributed by atoms with Crippen LogP contribution in [0.1, 0.15) is 25.7 Å². The summed E-state index contributed by atoms with van der Waals surface area (Å²) in [6.07, 6.45) is 5.08. The van der Waals surface area contributed by atoms with Gasteiger partial charge in [-0.1, -0.05) is 0 Å². The molecule has 0 bridgehead atoms. The van der Waals surface area contributed by atoms with Gasteiger partial charge in [0.05, 0.1) is 6.54 Å². The molecule has 3 aliphatic rings. The van der Waals surface area contributed by atoms with Crippen LogP contribution in [0.2, 0.25) is 0 Å². The topological polar surface area (TPSA) is 44.8 Å². The van der Waals surface area contributed by atoms with Crippen molar-refractivity contribution in [1.29, 1.82) is 0 Å². The molecule has 1 saturated carbocycles. The van der Waals surface area contributed by atoms with Crippen molar-refractivity contribution in [2.24, 2.45) is 11.8 Å². The highest BCUT2D eigenvalue weighted by Crippen LogP contribution is 2.27. The summed E-state index contributed by atoms with van der Waals surface area (Å²) in [7, 11) is 0. The Bertz CT molecular complexity index is 332. The fourth-order valence-corrected chi connectivity index (χ4v) is 3.29. The highest BCUT2D eigenvalue weighted by Gasteiger charge is 2.25. The second-order valence-electron chi connectivity index (χ2n) is 6.81. The van der Waals surface area contributed by atoms with Gasteiger partial charge in [-0.05, 0) is 44.1 Å². The Morgan fingerprint density at radius 2 is 1.71 bits per heavy atom. The fourth-order valence-electron chi connectivity index (χ4n) is 3.29. The van der Waals surface area contributed by atoms with Crippen molar-refractivity contribution in [2.75, 3.05) is 59.0 Å². The molecule has 1 amide bonds. The van der Waals surface area contributed by atoms with Crippen LogP contribution in [0, 0.1) is 11.8 Å². The monoisotopic (exact) mass is 295 g/mol. The standard InChI is InChI=1S/C16H29N3O2/c20-16(12-17-11-14-1-2-14)19-7-5-18(6-8-19)13-15-3-9-21-10-4-15/h14-15,17H,1-13H2. The van der Waals surface area contributed by atoms with Crippen LogP contribution >= 0.6 is 0 Å². The Morgan fingerprint density at radius 1 is 1.00 bits per heavy atom. The zero-order chi connectivity index (χ0) is 14.5. The van der Waals surface area contributed by atoms with Gasteiger partial charge in [-0.25, -0.2) is 0 Å². The molecule has 5 heteroatoms. The number of hydrogen-bond donors (Lipinski definition) is 1. The minimum absolute atomic E-state index is 0.279. The predicted octanol–water partition coefficient (Wildman–Crippen LogP) is 0.557. The third kappa shape index (κ3) is 4.94. The molecule has 5 nitrogen and oxygen atoms in total. The summed E-state index contributed by atoms with van der Waals surface area (Å²) >= 11 is 0. The van der Waals surface area contributed by atoms with Crippen LogP contribution in [0.4, 0.5) is 0 Å². The van der Waals surface area contributed by atoms with Crippen molar-refractivity contribution >= 4 is 5.91 Å². The van der Waals surface area contributed by atoms with E-state index in [2.05, 4.69) is 10.2 Å². The third-order valence-corrected chi connectivity index (χ3v) is 4.99. The van der Waals surface area contributed by atoms with E-state index in [9.17, 15) is 4.79 Å². The number of rotatable bonds is 6. The first-order chi connectivity index (χ1) is 10.3. The summed E-state index contributed by atoms with van der Waals surface area (Å²) in [5.74, 6) is 1.91. The number of ether oxygens (including phenoxy) is 1. The lowest BCUT2D eigenvalue weighted by molar-refractivity contribution is -0.132. The van der Waals surface area contributed by atoms with Crippen molar-refractivity contribution in [3.05, 3.63) is 0 Å². The first kappa shape index (κ1) is 15.3. The van der Waals surface area contributed by atoms with Crippen molar-refractivity contribution in [1.82, 2.24) is 15.1 Å². The largest absolute Gasteiger partial charge is 0.381 e. The molecule has 0 aromatic heterocycles. The van der Waals surface area contributed by atoms with Crippen molar-refractivity contribution in [3.8, 4) is 0 Å². The SMILES string of the molecule is O=C(CNCC1CC1)N1CCN(CC2CCOCC2)CC1. The van der Waals surface area contributed by atoms with Gasteiger partial charge >= 0.3 is 0 Å². The number of nitrogens with zero attached hydrogens (tertiary/aromatic N) is 2. The summed E-state index contributed by atoms with van der Waals surface area (Å²) in [4.78, 5) is 16.7. The van der Waals surface area contributed by atoms with Crippen molar-refractivity contribution < 1.29 is 9.53 Å². The lowest BCUT2D eigenvalue weighted by atomic mass is 9.99. The summed E-state index contributed by atoms with van der Waals surface area (Å²) < 4.78 is 5.42. The summed E-state index contributed by atoms with van der Waals surface area (Å²) in [5, 5.41) is 3.30. The van der Waals surface area contributed by atoms with E-state index in [1.165, 1.54) is 32.2 Å². The first-order valence-corrected chi connectivity index (χ1v) is 8.60. The smallest absolute Gasteiger partial charge is 0.236 e. The molecule has 2 heterocycles. The van der Waals surface area contributed by atoms with E-state index in [4.69, 9.17) is 4.74 Å². The Hall–Kier alpha value is -0.650. The molecule has 0 atom stereocenters. The zero-order valence-corrected chi connectivity index (χ0v) is 13.1. The molecule has 0 aromatic rings. The van der Waals surface area contributed by atoms with Gasteiger partial charge in [0.25, 0.3) is 0 Å². The molecular formula is C16H29N3O2. The maximum Gasteiger partial charge on any atom is 0.236 e. The van der Waals surface area contributed by atoms with Crippen LogP contribution < -0.4 is 5.32 Å². The predicted molar refractivity (Wildman–Crippen MR) is 82.2 cm³/mol. The number of carbonyl (C=O) groups is 1. The van der Waals surface area contributed by atoms with Gasteiger partial charge in [-0.2, -0.15) is 0 Å². The average molecular weight is 295 g/mol. The number of piperazine rings is 1. The van der Waals surface area contributed by atoms with Crippen LogP contribution in [-0.4, -0.2) is 74.7 Å². The van der Waals surface area contributed by atoms with Crippen LogP contribution in [0.25, 0.3) is 0 Å². The molecule has 1 N–H and O–H groups in total. The number of hydrogen-bond acceptors (Lipinski definition) is 4. The second-order valence-corrected chi connectivity index (χ2v) is 6.81. The van der Waals surface area contributed by atoms with Gasteiger partial charge in [0.2, 0.25) is 5.91 Å². The molecule has 0 unspecified atom stereocenters. The van der Waals surface area contributed by atoms with Crippen molar-refractivity contribution in [3.63, 3.8) is 0 Å². The number of carbonyl (C=O) groups excluding carboxylic acids is 1. The van der Waals surface area contributed by atoms with Gasteiger partial charge in [0.15, 0.2) is 0 Å². The van der Waals surface area contributed by atoms with Gasteiger partial charge in [-0.3, -0.25) is 9.69 Å². The van der Waals surface area contributed by atoms with Crippen LogP contribution in [0.3, 0.4) is 0 Å². The Morgan fingerprint density at radius 3 is 2.38 bits per heavy atom. The van der Waals surface area contributed by atoms with E-state index in [0.29, 0.717) is 6.54 Å². The lowest BCUT2D eigenvalue weighted by Crippen LogP contribution is -2.51. The molecule has 21 heavy (non-hydrogen) atoms. The molecule has 3 rings (SSSR count). The molecule has 1 aliphatic carbocycles. The van der Waals surface area contributed by atoms with E-state index in [1.807, 2.05) is 4.90 Å². The Kier molecular flexibility index (Phi) is 5.49. The maximum absolute atomic E-state index is 12.1. The van der Waals surface area contributed by atoms with E-state index in [1.54, 1.807) is 0 Å². The first-order valence-electron chi connectivity index (χ1n) is 8.60. The molecule has 0 radical (unpaired) electrons. The molecular weight excluding hydrogens is 266 g/mol. The Labute approximate surface area is 128 Å². The minimum Gasteiger partial charge on any atom is -0.381 e. The summed E-state index contributed by atoms with van der Waals surface area (Å²) in [6, 6.07) is 0. The molecule has 2 aliphatic heterocycles. The quantitative estimate of drug-likeness (QED) is 0.777. The number of amides is 1. The van der Waals surface area contributed by atoms with E-state index >= 15 is 0 Å². The van der Waals surface area contributed by atoms with Crippen LogP contribution in [0.5, 0.6) is 0 Å². The van der Waals surface area contributed by atoms with E-state index < -0.39 is 0 Å². The summed E-state index contributed by atoms with van der Waals surface area (Å²) in [6.45, 7) is 8.45. The zero-order valence-electron chi connectivity index (χ0n) is 13.1. The highest BCUT2D eigenvalue weighted by molar-refractivity contribution is 5.78. The van der Waals surface area contributed by atoms with Crippen molar-refractivity contribution in [2.45, 2.75) is 25.7 Å². The van der Waals surface area contributed by atoms with Crippen LogP contribution in [-0.2, 0) is 9.53 Å². The molecule has 2 saturated heterocycles. The fraction of sp³-hybridized carbons (Fsp3) is 0.938. The molecule has 0 spiro atoms. The van der Waals surface area contributed by atoms with E-state index in [-0.39, 0.29) is 5.91 Å². The molecule has 0 aromatic carbocycles. The lowest BCUT2D eigenvalue weighted by Gasteiger charge is -2.37. The highest BCUT2D eigenvalue weighted by atomic mass is 16.5. The number of nitrogens with one attached hydrogen (secondary N) is 1. The minimum atomic E-state index is 0.279. The van der Waals surface area contributed by atoms with Gasteiger partial charge in [0.1, 0.15) is 0 Å². The van der Waals surface area contributed by atoms with Gasteiger partial charge < -0.3 is 15.0 Å². The maximum atomic E-state index is 12.1. The van der Waals surface area contributed by atoms with Crippen LogP contribution in [0.15, 0.2) is 0 Å². The Balaban J connectivity index is 1.30. The second kappa shape index (κ2) is 7.56. The van der Waals surface area contributed by atoms with E-state index in [0.717, 1.165) is 57.8 Å². The molecule has 120 valence electrons. The third-order valence-electron chi connectivity index (χ3n) is 4.99. The molecule has 3 fully saturated rings. The van der Waals surface area contributed by atoms with Gasteiger partial charge in [0, 0.05) is 45.9 Å². The normalized spacial score (nSPS) is 25.2. The summed E-state index contributed by atoms with van der Waals surface area (Å²) in [5.41, 5.74) is 0.